The summed E-state index contributed by atoms with van der Waals surface area (Å²) in [6, 6.07) is 0.0234. The molecular formula is C11H13F3N6O. The molecule has 0 aromatic carbocycles. The van der Waals surface area contributed by atoms with Gasteiger partial charge >= 0.3 is 12.2 Å². The number of nitrogens with zero attached hydrogens (tertiary/aromatic N) is 5. The Morgan fingerprint density at radius 2 is 2.05 bits per heavy atom. The molecule has 0 fully saturated rings. The van der Waals surface area contributed by atoms with Crippen molar-refractivity contribution >= 4 is 5.95 Å². The van der Waals surface area contributed by atoms with E-state index in [0.29, 0.717) is 12.8 Å². The predicted octanol–water partition coefficient (Wildman–Crippen LogP) is 1.91. The zero-order valence-corrected chi connectivity index (χ0v) is 11.3. The summed E-state index contributed by atoms with van der Waals surface area (Å²) in [5.74, 6) is 0.117. The molecule has 0 aliphatic heterocycles. The van der Waals surface area contributed by atoms with Crippen molar-refractivity contribution < 1.29 is 17.9 Å². The van der Waals surface area contributed by atoms with E-state index < -0.39 is 11.7 Å². The number of alkyl halides is 3. The van der Waals surface area contributed by atoms with Crippen molar-refractivity contribution in [2.24, 2.45) is 0 Å². The minimum absolute atomic E-state index is 0.0234. The second kappa shape index (κ2) is 5.94. The van der Waals surface area contributed by atoms with Crippen molar-refractivity contribution in [3.05, 3.63) is 18.0 Å². The monoisotopic (exact) mass is 302 g/mol. The fourth-order valence-corrected chi connectivity index (χ4v) is 1.40. The van der Waals surface area contributed by atoms with Gasteiger partial charge in [0.15, 0.2) is 0 Å². The molecule has 0 spiro atoms. The highest BCUT2D eigenvalue weighted by Gasteiger charge is 2.32. The van der Waals surface area contributed by atoms with Gasteiger partial charge in [0, 0.05) is 13.2 Å². The largest absolute Gasteiger partial charge is 0.463 e. The Morgan fingerprint density at radius 3 is 2.62 bits per heavy atom. The van der Waals surface area contributed by atoms with Gasteiger partial charge in [-0.1, -0.05) is 6.92 Å². The van der Waals surface area contributed by atoms with Gasteiger partial charge in [0.2, 0.25) is 5.95 Å². The maximum Gasteiger partial charge on any atom is 0.419 e. The highest BCUT2D eigenvalue weighted by Crippen LogP contribution is 2.28. The number of aromatic nitrogens is 5. The highest BCUT2D eigenvalue weighted by atomic mass is 19.4. The van der Waals surface area contributed by atoms with Gasteiger partial charge in [0.1, 0.15) is 0 Å². The first kappa shape index (κ1) is 15.0. The number of hydrogen-bond donors (Lipinski definition) is 1. The second-order valence-corrected chi connectivity index (χ2v) is 4.01. The highest BCUT2D eigenvalue weighted by molar-refractivity contribution is 5.29. The molecule has 0 radical (unpaired) electrons. The van der Waals surface area contributed by atoms with Crippen LogP contribution >= 0.6 is 0 Å². The maximum atomic E-state index is 12.6. The molecule has 1 N–H and O–H groups in total. The van der Waals surface area contributed by atoms with Crippen LogP contribution < -0.4 is 10.1 Å². The van der Waals surface area contributed by atoms with Gasteiger partial charge in [-0.15, -0.1) is 0 Å². The predicted molar refractivity (Wildman–Crippen MR) is 67.3 cm³/mol. The van der Waals surface area contributed by atoms with Crippen LogP contribution in [0.5, 0.6) is 6.01 Å². The van der Waals surface area contributed by atoms with E-state index in [9.17, 15) is 13.2 Å². The summed E-state index contributed by atoms with van der Waals surface area (Å²) < 4.78 is 43.9. The summed E-state index contributed by atoms with van der Waals surface area (Å²) in [6.07, 6.45) is -2.22. The molecule has 0 aliphatic rings. The van der Waals surface area contributed by atoms with E-state index in [1.165, 1.54) is 0 Å². The lowest BCUT2D eigenvalue weighted by Gasteiger charge is -2.07. The van der Waals surface area contributed by atoms with Crippen LogP contribution in [0.3, 0.4) is 0 Å². The average Bonchev–Trinajstić information content (AvgIpc) is 2.94. The zero-order valence-electron chi connectivity index (χ0n) is 11.3. The Balaban J connectivity index is 2.36. The van der Waals surface area contributed by atoms with E-state index in [-0.39, 0.29) is 17.9 Å². The minimum Gasteiger partial charge on any atom is -0.463 e. The molecule has 2 aromatic heterocycles. The molecule has 2 heterocycles. The molecule has 0 amide bonds. The SMILES string of the molecule is CCCOc1nc(NC)nc(-n2cc(C(F)(F)F)cn2)n1. The number of ether oxygens (including phenoxy) is 1. The van der Waals surface area contributed by atoms with Crippen molar-refractivity contribution in [1.82, 2.24) is 24.7 Å². The topological polar surface area (TPSA) is 77.8 Å². The summed E-state index contributed by atoms with van der Waals surface area (Å²) >= 11 is 0. The number of hydrogen-bond acceptors (Lipinski definition) is 6. The lowest BCUT2D eigenvalue weighted by atomic mass is 10.4. The van der Waals surface area contributed by atoms with E-state index in [1.54, 1.807) is 7.05 Å². The average molecular weight is 302 g/mol. The molecule has 114 valence electrons. The normalized spacial score (nSPS) is 11.5. The summed E-state index contributed by atoms with van der Waals surface area (Å²) in [5.41, 5.74) is -0.884. The first-order chi connectivity index (χ1) is 9.94. The molecule has 21 heavy (non-hydrogen) atoms. The van der Waals surface area contributed by atoms with Crippen molar-refractivity contribution in [3.8, 4) is 12.0 Å². The molecule has 0 saturated carbocycles. The molecule has 0 aliphatic carbocycles. The molecule has 0 atom stereocenters. The number of anilines is 1. The van der Waals surface area contributed by atoms with Crippen LogP contribution in [-0.2, 0) is 6.18 Å². The summed E-state index contributed by atoms with van der Waals surface area (Å²) in [5, 5.41) is 6.30. The van der Waals surface area contributed by atoms with Gasteiger partial charge in [-0.25, -0.2) is 4.68 Å². The van der Waals surface area contributed by atoms with Gasteiger partial charge in [-0.2, -0.15) is 33.2 Å². The van der Waals surface area contributed by atoms with Crippen molar-refractivity contribution in [2.45, 2.75) is 19.5 Å². The van der Waals surface area contributed by atoms with Crippen molar-refractivity contribution in [1.29, 1.82) is 0 Å². The zero-order chi connectivity index (χ0) is 15.5. The Kier molecular flexibility index (Phi) is 4.24. The smallest absolute Gasteiger partial charge is 0.419 e. The van der Waals surface area contributed by atoms with Crippen LogP contribution in [0.15, 0.2) is 12.4 Å². The molecule has 0 unspecified atom stereocenters. The Bertz CT molecular complexity index is 612. The third-order valence-electron chi connectivity index (χ3n) is 2.38. The van der Waals surface area contributed by atoms with Crippen LogP contribution in [0.2, 0.25) is 0 Å². The Morgan fingerprint density at radius 1 is 1.29 bits per heavy atom. The number of halogens is 3. The molecule has 10 heteroatoms. The summed E-state index contributed by atoms with van der Waals surface area (Å²) in [4.78, 5) is 11.8. The molecule has 0 bridgehead atoms. The summed E-state index contributed by atoms with van der Waals surface area (Å²) in [6.45, 7) is 2.30. The fraction of sp³-hybridized carbons (Fsp3) is 0.455. The second-order valence-electron chi connectivity index (χ2n) is 4.01. The first-order valence-corrected chi connectivity index (χ1v) is 6.13. The molecular weight excluding hydrogens is 289 g/mol. The Hall–Kier alpha value is -2.39. The van der Waals surface area contributed by atoms with Gasteiger partial charge in [0.05, 0.1) is 18.4 Å². The molecule has 0 saturated heterocycles. The van der Waals surface area contributed by atoms with Gasteiger partial charge in [-0.3, -0.25) is 0 Å². The van der Waals surface area contributed by atoms with E-state index >= 15 is 0 Å². The molecule has 7 nitrogen and oxygen atoms in total. The molecule has 2 aromatic rings. The fourth-order valence-electron chi connectivity index (χ4n) is 1.40. The lowest BCUT2D eigenvalue weighted by Crippen LogP contribution is -2.10. The van der Waals surface area contributed by atoms with Crippen molar-refractivity contribution in [3.63, 3.8) is 0 Å². The first-order valence-electron chi connectivity index (χ1n) is 6.13. The van der Waals surface area contributed by atoms with Gasteiger partial charge < -0.3 is 10.1 Å². The van der Waals surface area contributed by atoms with E-state index in [0.717, 1.165) is 17.3 Å². The standard InChI is InChI=1S/C11H13F3N6O/c1-3-4-21-10-18-8(15-2)17-9(19-10)20-6-7(5-16-20)11(12,13)14/h5-6H,3-4H2,1-2H3,(H,15,17,18,19). The van der Waals surface area contributed by atoms with Crippen LogP contribution in [0.25, 0.3) is 5.95 Å². The third-order valence-corrected chi connectivity index (χ3v) is 2.38. The van der Waals surface area contributed by atoms with Crippen molar-refractivity contribution in [2.75, 3.05) is 19.0 Å². The van der Waals surface area contributed by atoms with E-state index in [1.807, 2.05) is 6.92 Å². The van der Waals surface area contributed by atoms with Crippen LogP contribution in [0, 0.1) is 0 Å². The molecule has 2 rings (SSSR count). The lowest BCUT2D eigenvalue weighted by molar-refractivity contribution is -0.137. The van der Waals surface area contributed by atoms with Crippen LogP contribution in [-0.4, -0.2) is 38.4 Å². The van der Waals surface area contributed by atoms with Crippen LogP contribution in [0.4, 0.5) is 19.1 Å². The van der Waals surface area contributed by atoms with Crippen LogP contribution in [0.1, 0.15) is 18.9 Å². The van der Waals surface area contributed by atoms with Gasteiger partial charge in [-0.05, 0) is 6.42 Å². The third kappa shape index (κ3) is 3.58. The number of rotatable bonds is 5. The van der Waals surface area contributed by atoms with E-state index in [2.05, 4.69) is 25.4 Å². The maximum absolute atomic E-state index is 12.6. The quantitative estimate of drug-likeness (QED) is 0.909. The number of nitrogens with one attached hydrogen (secondary N) is 1. The minimum atomic E-state index is -4.47. The summed E-state index contributed by atoms with van der Waals surface area (Å²) in [7, 11) is 1.58. The Labute approximate surface area is 118 Å². The van der Waals surface area contributed by atoms with Gasteiger partial charge in [0.25, 0.3) is 5.95 Å². The van der Waals surface area contributed by atoms with E-state index in [4.69, 9.17) is 4.74 Å².